The molecule has 0 radical (unpaired) electrons. The molecule has 0 aliphatic heterocycles. The Morgan fingerprint density at radius 3 is 2.70 bits per heavy atom. The van der Waals surface area contributed by atoms with Crippen molar-refractivity contribution < 1.29 is 14.6 Å². The molecule has 0 spiro atoms. The van der Waals surface area contributed by atoms with Crippen LogP contribution in [0.3, 0.4) is 0 Å². The minimum atomic E-state index is -0.107. The minimum Gasteiger partial charge on any atom is -0.496 e. The van der Waals surface area contributed by atoms with Crippen LogP contribution in [0.4, 0.5) is 10.8 Å². The number of hydrogen-bond acceptors (Lipinski definition) is 7. The fraction of sp³-hybridized carbons (Fsp3) is 0.143. The van der Waals surface area contributed by atoms with Gasteiger partial charge in [-0.1, -0.05) is 15.9 Å². The lowest BCUT2D eigenvalue weighted by atomic mass is 10.1. The van der Waals surface area contributed by atoms with Crippen LogP contribution in [-0.4, -0.2) is 33.9 Å². The average Bonchev–Trinajstić information content (AvgIpc) is 3.43. The molecule has 2 aromatic heterocycles. The van der Waals surface area contributed by atoms with Crippen molar-refractivity contribution in [1.82, 2.24) is 14.5 Å². The van der Waals surface area contributed by atoms with Crippen molar-refractivity contribution in [1.29, 1.82) is 0 Å². The highest BCUT2D eigenvalue weighted by molar-refractivity contribution is 9.10. The molecule has 2 aromatic carbocycles. The fourth-order valence-corrected chi connectivity index (χ4v) is 4.10. The summed E-state index contributed by atoms with van der Waals surface area (Å²) in [4.78, 5) is 8.85. The molecule has 0 unspecified atom stereocenters. The van der Waals surface area contributed by atoms with Gasteiger partial charge in [-0.15, -0.1) is 11.3 Å². The Morgan fingerprint density at radius 1 is 1.13 bits per heavy atom. The number of rotatable bonds is 7. The maximum Gasteiger partial charge on any atom is 0.187 e. The molecule has 0 atom stereocenters. The van der Waals surface area contributed by atoms with E-state index in [1.807, 2.05) is 46.3 Å². The average molecular weight is 487 g/mol. The summed E-state index contributed by atoms with van der Waals surface area (Å²) >= 11 is 5.01. The van der Waals surface area contributed by atoms with Gasteiger partial charge in [-0.2, -0.15) is 0 Å². The predicted octanol–water partition coefficient (Wildman–Crippen LogP) is 5.01. The van der Waals surface area contributed by atoms with Gasteiger partial charge in [0.25, 0.3) is 0 Å². The molecule has 30 heavy (non-hydrogen) atoms. The number of thiazole rings is 1. The third-order valence-electron chi connectivity index (χ3n) is 4.45. The van der Waals surface area contributed by atoms with Gasteiger partial charge in [-0.3, -0.25) is 0 Å². The van der Waals surface area contributed by atoms with Crippen molar-refractivity contribution in [2.75, 3.05) is 19.5 Å². The predicted molar refractivity (Wildman–Crippen MR) is 121 cm³/mol. The van der Waals surface area contributed by atoms with E-state index in [1.54, 1.807) is 26.7 Å². The first kappa shape index (κ1) is 20.4. The summed E-state index contributed by atoms with van der Waals surface area (Å²) in [6.07, 6.45) is 3.42. The second-order valence-corrected chi connectivity index (χ2v) is 8.10. The molecule has 7 nitrogen and oxygen atoms in total. The monoisotopic (exact) mass is 486 g/mol. The molecule has 0 amide bonds. The summed E-state index contributed by atoms with van der Waals surface area (Å²) in [6, 6.07) is 11.6. The van der Waals surface area contributed by atoms with Crippen LogP contribution in [0.2, 0.25) is 0 Å². The number of hydrogen-bond donors (Lipinski definition) is 2. The zero-order valence-corrected chi connectivity index (χ0v) is 18.7. The van der Waals surface area contributed by atoms with Crippen LogP contribution >= 0.6 is 27.3 Å². The van der Waals surface area contributed by atoms with Crippen molar-refractivity contribution >= 4 is 38.1 Å². The third-order valence-corrected chi connectivity index (χ3v) is 5.70. The van der Waals surface area contributed by atoms with E-state index in [1.165, 1.54) is 11.3 Å². The summed E-state index contributed by atoms with van der Waals surface area (Å²) in [5.74, 6) is 1.44. The van der Waals surface area contributed by atoms with Gasteiger partial charge >= 0.3 is 0 Å². The first-order valence-electron chi connectivity index (χ1n) is 9.00. The van der Waals surface area contributed by atoms with Crippen LogP contribution in [0.1, 0.15) is 5.69 Å². The van der Waals surface area contributed by atoms with E-state index in [0.717, 1.165) is 38.0 Å². The lowest BCUT2D eigenvalue weighted by molar-refractivity contribution is 0.277. The Balaban J connectivity index is 1.59. The smallest absolute Gasteiger partial charge is 0.187 e. The zero-order valence-electron chi connectivity index (χ0n) is 16.3. The molecule has 0 fully saturated rings. The molecule has 0 saturated carbocycles. The molecule has 9 heteroatoms. The van der Waals surface area contributed by atoms with Gasteiger partial charge in [0.2, 0.25) is 0 Å². The Morgan fingerprint density at radius 2 is 1.97 bits per heavy atom. The number of aliphatic hydroxyl groups excluding tert-OH is 1. The molecule has 0 aliphatic rings. The number of ether oxygens (including phenoxy) is 2. The lowest BCUT2D eigenvalue weighted by Gasteiger charge is -2.11. The van der Waals surface area contributed by atoms with Gasteiger partial charge in [0.05, 0.1) is 44.2 Å². The number of imidazole rings is 1. The molecule has 4 rings (SSSR count). The summed E-state index contributed by atoms with van der Waals surface area (Å²) in [5.41, 5.74) is 4.02. The van der Waals surface area contributed by atoms with Crippen molar-refractivity contribution in [2.45, 2.75) is 6.61 Å². The number of aromatic nitrogens is 3. The van der Waals surface area contributed by atoms with Gasteiger partial charge in [0.1, 0.15) is 11.5 Å². The van der Waals surface area contributed by atoms with E-state index in [0.29, 0.717) is 11.4 Å². The fourth-order valence-electron chi connectivity index (χ4n) is 3.00. The molecular formula is C21H19BrN4O3S. The normalized spacial score (nSPS) is 10.8. The highest BCUT2D eigenvalue weighted by Crippen LogP contribution is 2.36. The number of aliphatic hydroxyl groups is 1. The molecule has 0 bridgehead atoms. The number of methoxy groups -OCH3 is 2. The Labute approximate surface area is 186 Å². The number of anilines is 2. The summed E-state index contributed by atoms with van der Waals surface area (Å²) < 4.78 is 13.8. The van der Waals surface area contributed by atoms with Crippen molar-refractivity contribution in [2.24, 2.45) is 0 Å². The van der Waals surface area contributed by atoms with Crippen molar-refractivity contribution in [3.05, 3.63) is 64.5 Å². The number of nitrogens with zero attached hydrogens (tertiary/aromatic N) is 3. The van der Waals surface area contributed by atoms with Gasteiger partial charge in [0, 0.05) is 33.4 Å². The number of nitrogens with one attached hydrogen (secondary N) is 1. The third kappa shape index (κ3) is 4.18. The molecule has 4 aromatic rings. The van der Waals surface area contributed by atoms with E-state index in [4.69, 9.17) is 14.5 Å². The molecule has 2 N–H and O–H groups in total. The Kier molecular flexibility index (Phi) is 6.03. The maximum atomic E-state index is 9.23. The molecule has 2 heterocycles. The quantitative estimate of drug-likeness (QED) is 0.382. The highest BCUT2D eigenvalue weighted by Gasteiger charge is 2.12. The second kappa shape index (κ2) is 8.86. The largest absolute Gasteiger partial charge is 0.496 e. The van der Waals surface area contributed by atoms with Crippen molar-refractivity contribution in [3.63, 3.8) is 0 Å². The van der Waals surface area contributed by atoms with Crippen LogP contribution in [0.5, 0.6) is 11.5 Å². The molecule has 0 aliphatic carbocycles. The van der Waals surface area contributed by atoms with E-state index >= 15 is 0 Å². The topological polar surface area (TPSA) is 81.4 Å². The van der Waals surface area contributed by atoms with Gasteiger partial charge < -0.3 is 24.5 Å². The Hall–Kier alpha value is -2.88. The van der Waals surface area contributed by atoms with Crippen LogP contribution < -0.4 is 14.8 Å². The highest BCUT2D eigenvalue weighted by atomic mass is 79.9. The van der Waals surface area contributed by atoms with Crippen LogP contribution in [0.25, 0.3) is 16.9 Å². The first-order chi connectivity index (χ1) is 14.6. The van der Waals surface area contributed by atoms with E-state index in [9.17, 15) is 5.11 Å². The SMILES string of the molecule is COc1ccc(Br)cc1-c1csc(Nc2ccc(-n3cnc(CO)c3)c(OC)c2)n1. The zero-order chi connectivity index (χ0) is 21.1. The lowest BCUT2D eigenvalue weighted by Crippen LogP contribution is -1.98. The summed E-state index contributed by atoms with van der Waals surface area (Å²) in [6.45, 7) is -0.107. The van der Waals surface area contributed by atoms with E-state index < -0.39 is 0 Å². The van der Waals surface area contributed by atoms with Gasteiger partial charge in [0.15, 0.2) is 5.13 Å². The van der Waals surface area contributed by atoms with Crippen LogP contribution in [0.15, 0.2) is 58.8 Å². The Bertz CT molecular complexity index is 1170. The standard InChI is InChI=1S/C21H19BrN4O3S/c1-28-19-6-3-13(22)7-16(19)17-11-30-21(25-17)24-14-4-5-18(20(8-14)29-2)26-9-15(10-27)23-12-26/h3-9,11-12,27H,10H2,1-2H3,(H,24,25). The molecule has 0 saturated heterocycles. The van der Waals surface area contributed by atoms with Crippen molar-refractivity contribution in [3.8, 4) is 28.4 Å². The summed E-state index contributed by atoms with van der Waals surface area (Å²) in [5, 5.41) is 15.3. The van der Waals surface area contributed by atoms with E-state index in [-0.39, 0.29) is 6.61 Å². The van der Waals surface area contributed by atoms with E-state index in [2.05, 4.69) is 26.2 Å². The molecular weight excluding hydrogens is 468 g/mol. The minimum absolute atomic E-state index is 0.107. The van der Waals surface area contributed by atoms with Gasteiger partial charge in [-0.25, -0.2) is 9.97 Å². The number of benzene rings is 2. The first-order valence-corrected chi connectivity index (χ1v) is 10.7. The van der Waals surface area contributed by atoms with Gasteiger partial charge in [-0.05, 0) is 30.3 Å². The maximum absolute atomic E-state index is 9.23. The van der Waals surface area contributed by atoms with Crippen LogP contribution in [-0.2, 0) is 6.61 Å². The second-order valence-electron chi connectivity index (χ2n) is 6.32. The summed E-state index contributed by atoms with van der Waals surface area (Å²) in [7, 11) is 3.27. The van der Waals surface area contributed by atoms with Crippen LogP contribution in [0, 0.1) is 0 Å². The number of halogens is 1. The molecule has 154 valence electrons.